The van der Waals surface area contributed by atoms with Crippen LogP contribution in [0.3, 0.4) is 0 Å². The van der Waals surface area contributed by atoms with Gasteiger partial charge in [-0.25, -0.2) is 4.79 Å². The Balaban J connectivity index is 3.11. The topological polar surface area (TPSA) is 57.5 Å². The standard InChI is InChI=1S/C16H24O3/c1-10(2)13-6-8-14(9-7-13)12(5)16(19,11(3)4)15(17)18/h6-12,19H,1-5H3,(H,17,18). The maximum absolute atomic E-state index is 11.4. The van der Waals surface area contributed by atoms with Crippen LogP contribution in [0, 0.1) is 5.92 Å². The number of carboxylic acid groups (broad SMARTS) is 1. The zero-order valence-electron chi connectivity index (χ0n) is 12.3. The van der Waals surface area contributed by atoms with Gasteiger partial charge in [-0.1, -0.05) is 58.9 Å². The maximum Gasteiger partial charge on any atom is 0.336 e. The highest BCUT2D eigenvalue weighted by molar-refractivity contribution is 5.79. The Morgan fingerprint density at radius 1 is 1.00 bits per heavy atom. The first-order chi connectivity index (χ1) is 8.71. The van der Waals surface area contributed by atoms with Gasteiger partial charge in [0.1, 0.15) is 0 Å². The van der Waals surface area contributed by atoms with Gasteiger partial charge in [-0.3, -0.25) is 0 Å². The molecular formula is C16H24O3. The molecule has 0 aliphatic rings. The fourth-order valence-electron chi connectivity index (χ4n) is 2.36. The van der Waals surface area contributed by atoms with Crippen LogP contribution in [0.25, 0.3) is 0 Å². The summed E-state index contributed by atoms with van der Waals surface area (Å²) in [4.78, 5) is 11.4. The van der Waals surface area contributed by atoms with Crippen molar-refractivity contribution in [3.8, 4) is 0 Å². The van der Waals surface area contributed by atoms with Crippen LogP contribution in [0.15, 0.2) is 24.3 Å². The first-order valence-corrected chi connectivity index (χ1v) is 6.76. The monoisotopic (exact) mass is 264 g/mol. The van der Waals surface area contributed by atoms with E-state index in [4.69, 9.17) is 0 Å². The minimum atomic E-state index is -1.74. The molecule has 0 amide bonds. The van der Waals surface area contributed by atoms with Crippen LogP contribution in [0.1, 0.15) is 57.6 Å². The second-order valence-electron chi connectivity index (χ2n) is 5.83. The molecule has 0 fully saturated rings. The quantitative estimate of drug-likeness (QED) is 0.857. The smallest absolute Gasteiger partial charge is 0.336 e. The molecule has 1 aromatic carbocycles. The molecule has 0 saturated heterocycles. The molecule has 0 spiro atoms. The Bertz CT molecular complexity index is 434. The third-order valence-corrected chi connectivity index (χ3v) is 3.99. The van der Waals surface area contributed by atoms with E-state index >= 15 is 0 Å². The molecule has 2 atom stereocenters. The summed E-state index contributed by atoms with van der Waals surface area (Å²) in [7, 11) is 0. The SMILES string of the molecule is CC(C)c1ccc(C(C)C(O)(C(=O)O)C(C)C)cc1. The summed E-state index contributed by atoms with van der Waals surface area (Å²) in [5.41, 5.74) is 0.321. The summed E-state index contributed by atoms with van der Waals surface area (Å²) in [5.74, 6) is -1.54. The second-order valence-corrected chi connectivity index (χ2v) is 5.83. The van der Waals surface area contributed by atoms with Crippen molar-refractivity contribution in [3.05, 3.63) is 35.4 Å². The van der Waals surface area contributed by atoms with Gasteiger partial charge in [0.25, 0.3) is 0 Å². The largest absolute Gasteiger partial charge is 0.479 e. The number of benzene rings is 1. The lowest BCUT2D eigenvalue weighted by Crippen LogP contribution is -2.48. The van der Waals surface area contributed by atoms with E-state index < -0.39 is 17.5 Å². The zero-order valence-corrected chi connectivity index (χ0v) is 12.3. The summed E-state index contributed by atoms with van der Waals surface area (Å²) in [6, 6.07) is 7.82. The number of carboxylic acids is 1. The van der Waals surface area contributed by atoms with Gasteiger partial charge in [-0.2, -0.15) is 0 Å². The molecule has 2 unspecified atom stereocenters. The van der Waals surface area contributed by atoms with E-state index in [1.165, 1.54) is 5.56 Å². The molecule has 0 radical (unpaired) electrons. The second kappa shape index (κ2) is 5.74. The highest BCUT2D eigenvalue weighted by Gasteiger charge is 2.45. The molecule has 1 rings (SSSR count). The Morgan fingerprint density at radius 2 is 1.42 bits per heavy atom. The number of carbonyl (C=O) groups is 1. The normalized spacial score (nSPS) is 16.4. The molecule has 106 valence electrons. The molecule has 0 aliphatic carbocycles. The van der Waals surface area contributed by atoms with Crippen LogP contribution in [-0.2, 0) is 4.79 Å². The van der Waals surface area contributed by atoms with E-state index in [9.17, 15) is 15.0 Å². The van der Waals surface area contributed by atoms with Crippen molar-refractivity contribution in [1.29, 1.82) is 0 Å². The van der Waals surface area contributed by atoms with E-state index in [1.807, 2.05) is 24.3 Å². The van der Waals surface area contributed by atoms with Crippen LogP contribution in [0.2, 0.25) is 0 Å². The summed E-state index contributed by atoms with van der Waals surface area (Å²) in [6.07, 6.45) is 0. The maximum atomic E-state index is 11.4. The van der Waals surface area contributed by atoms with Gasteiger partial charge in [-0.05, 0) is 23.0 Å². The Morgan fingerprint density at radius 3 is 1.74 bits per heavy atom. The molecule has 3 heteroatoms. The minimum Gasteiger partial charge on any atom is -0.479 e. The molecule has 0 aliphatic heterocycles. The van der Waals surface area contributed by atoms with Crippen molar-refractivity contribution in [2.45, 2.75) is 52.1 Å². The average molecular weight is 264 g/mol. The molecule has 0 bridgehead atoms. The Labute approximate surface area is 115 Å². The summed E-state index contributed by atoms with van der Waals surface area (Å²) in [6.45, 7) is 9.44. The van der Waals surface area contributed by atoms with E-state index in [0.29, 0.717) is 5.92 Å². The van der Waals surface area contributed by atoms with E-state index in [0.717, 1.165) is 5.56 Å². The van der Waals surface area contributed by atoms with Gasteiger partial charge in [0.15, 0.2) is 5.60 Å². The summed E-state index contributed by atoms with van der Waals surface area (Å²) < 4.78 is 0. The van der Waals surface area contributed by atoms with Gasteiger partial charge in [0, 0.05) is 5.92 Å². The molecule has 0 heterocycles. The number of rotatable bonds is 5. The van der Waals surface area contributed by atoms with Crippen molar-refractivity contribution in [2.75, 3.05) is 0 Å². The predicted octanol–water partition coefficient (Wildman–Crippen LogP) is 3.39. The van der Waals surface area contributed by atoms with E-state index in [-0.39, 0.29) is 5.92 Å². The summed E-state index contributed by atoms with van der Waals surface area (Å²) in [5, 5.41) is 19.8. The highest BCUT2D eigenvalue weighted by atomic mass is 16.4. The van der Waals surface area contributed by atoms with Crippen LogP contribution in [0.4, 0.5) is 0 Å². The minimum absolute atomic E-state index is 0.357. The van der Waals surface area contributed by atoms with Gasteiger partial charge in [0.2, 0.25) is 0 Å². The van der Waals surface area contributed by atoms with Crippen LogP contribution >= 0.6 is 0 Å². The molecule has 0 aromatic heterocycles. The first kappa shape index (κ1) is 15.7. The number of hydrogen-bond acceptors (Lipinski definition) is 2. The van der Waals surface area contributed by atoms with Crippen molar-refractivity contribution < 1.29 is 15.0 Å². The molecule has 19 heavy (non-hydrogen) atoms. The number of aliphatic hydroxyl groups is 1. The first-order valence-electron chi connectivity index (χ1n) is 6.76. The van der Waals surface area contributed by atoms with Crippen molar-refractivity contribution in [1.82, 2.24) is 0 Å². The van der Waals surface area contributed by atoms with Crippen LogP contribution in [-0.4, -0.2) is 21.8 Å². The number of hydrogen-bond donors (Lipinski definition) is 2. The average Bonchev–Trinajstić information content (AvgIpc) is 2.36. The molecule has 1 aromatic rings. The van der Waals surface area contributed by atoms with Crippen molar-refractivity contribution >= 4 is 5.97 Å². The lowest BCUT2D eigenvalue weighted by atomic mass is 9.76. The predicted molar refractivity (Wildman–Crippen MR) is 76.4 cm³/mol. The van der Waals surface area contributed by atoms with Gasteiger partial charge >= 0.3 is 5.97 Å². The van der Waals surface area contributed by atoms with Crippen LogP contribution < -0.4 is 0 Å². The molecule has 2 N–H and O–H groups in total. The lowest BCUT2D eigenvalue weighted by molar-refractivity contribution is -0.166. The highest BCUT2D eigenvalue weighted by Crippen LogP contribution is 2.34. The summed E-state index contributed by atoms with van der Waals surface area (Å²) >= 11 is 0. The molecule has 3 nitrogen and oxygen atoms in total. The number of aliphatic carboxylic acids is 1. The Hall–Kier alpha value is -1.35. The fourth-order valence-corrected chi connectivity index (χ4v) is 2.36. The van der Waals surface area contributed by atoms with Gasteiger partial charge in [-0.15, -0.1) is 0 Å². The van der Waals surface area contributed by atoms with Gasteiger partial charge in [0.05, 0.1) is 0 Å². The fraction of sp³-hybridized carbons (Fsp3) is 0.562. The zero-order chi connectivity index (χ0) is 14.8. The van der Waals surface area contributed by atoms with E-state index in [1.54, 1.807) is 20.8 Å². The van der Waals surface area contributed by atoms with Gasteiger partial charge < -0.3 is 10.2 Å². The lowest BCUT2D eigenvalue weighted by Gasteiger charge is -2.34. The van der Waals surface area contributed by atoms with E-state index in [2.05, 4.69) is 13.8 Å². The third kappa shape index (κ3) is 2.98. The molecular weight excluding hydrogens is 240 g/mol. The van der Waals surface area contributed by atoms with Crippen molar-refractivity contribution in [3.63, 3.8) is 0 Å². The molecule has 0 saturated carbocycles. The third-order valence-electron chi connectivity index (χ3n) is 3.99. The van der Waals surface area contributed by atoms with Crippen molar-refractivity contribution in [2.24, 2.45) is 5.92 Å². The Kier molecular flexibility index (Phi) is 4.75. The van der Waals surface area contributed by atoms with Crippen LogP contribution in [0.5, 0.6) is 0 Å².